The molecule has 0 spiro atoms. The van der Waals surface area contributed by atoms with E-state index in [-0.39, 0.29) is 66.4 Å². The van der Waals surface area contributed by atoms with E-state index in [1.54, 1.807) is 54.9 Å². The zero-order valence-electron chi connectivity index (χ0n) is 37.6. The first kappa shape index (κ1) is 45.9. The van der Waals surface area contributed by atoms with Crippen molar-refractivity contribution >= 4 is 62.7 Å². The standard InChI is InChI=1S/C50H50FN7O9/c1-5-29-15-17-37-33(22-29)46(61)44(28(2)57(37)3)48(63)54-31-16-19-39(34(51)23-31)67-49-32-24-40(65-4)41(25-36(32)52-27-53-49)66-21-10-8-6-7-9-14-42(59)55-35-13-11-12-30-26-58(50(64)45(30)35)38-18-20-43(60)56-47(38)62/h11-13,15-17,19,22-25,27,38H,5-10,14,18,20-21,26H2,1-4H3,(H,54,63)(H,55,59)(H,56,60,62). The highest BCUT2D eigenvalue weighted by molar-refractivity contribution is 6.10. The number of methoxy groups -OCH3 is 1. The van der Waals surface area contributed by atoms with E-state index in [2.05, 4.69) is 25.9 Å². The number of aryl methyl sites for hydroxylation is 2. The van der Waals surface area contributed by atoms with E-state index >= 15 is 4.39 Å². The highest BCUT2D eigenvalue weighted by Crippen LogP contribution is 2.37. The molecule has 2 aliphatic rings. The minimum Gasteiger partial charge on any atom is -0.493 e. The maximum atomic E-state index is 15.6. The number of unbranched alkanes of at least 4 members (excludes halogenated alkanes) is 4. The molecule has 4 heterocycles. The van der Waals surface area contributed by atoms with E-state index in [1.165, 1.54) is 30.5 Å². The maximum Gasteiger partial charge on any atom is 0.261 e. The fourth-order valence-electron chi connectivity index (χ4n) is 8.58. The second kappa shape index (κ2) is 19.8. The SMILES string of the molecule is CCc1ccc2c(c1)c(=O)c(C(=O)Nc1ccc(Oc3ncnc4cc(OCCCCCCCC(=O)Nc5cccc6c5C(=O)N(C5CCC(=O)NC5=O)C6)c(OC)cc34)c(F)c1)c(C)n2C. The zero-order valence-corrected chi connectivity index (χ0v) is 37.6. The minimum atomic E-state index is -0.773. The summed E-state index contributed by atoms with van der Waals surface area (Å²) in [6.45, 7) is 4.31. The van der Waals surface area contributed by atoms with Crippen LogP contribution < -0.4 is 35.6 Å². The van der Waals surface area contributed by atoms with Crippen LogP contribution in [0.5, 0.6) is 23.1 Å². The smallest absolute Gasteiger partial charge is 0.261 e. The molecular weight excluding hydrogens is 862 g/mol. The number of hydrogen-bond donors (Lipinski definition) is 3. The number of fused-ring (bicyclic) bond motifs is 3. The van der Waals surface area contributed by atoms with E-state index in [9.17, 15) is 28.8 Å². The number of piperidine rings is 1. The van der Waals surface area contributed by atoms with Crippen molar-refractivity contribution in [3.63, 3.8) is 0 Å². The number of ether oxygens (including phenoxy) is 3. The number of nitrogens with one attached hydrogen (secondary N) is 3. The van der Waals surface area contributed by atoms with Gasteiger partial charge in [-0.2, -0.15) is 0 Å². The summed E-state index contributed by atoms with van der Waals surface area (Å²) in [5.74, 6) is -2.05. The zero-order chi connectivity index (χ0) is 47.4. The van der Waals surface area contributed by atoms with Crippen LogP contribution in [0.3, 0.4) is 0 Å². The summed E-state index contributed by atoms with van der Waals surface area (Å²) in [7, 11) is 3.29. The molecule has 2 aromatic heterocycles. The van der Waals surface area contributed by atoms with E-state index in [0.717, 1.165) is 49.3 Å². The van der Waals surface area contributed by atoms with Gasteiger partial charge in [0.05, 0.1) is 41.4 Å². The van der Waals surface area contributed by atoms with Gasteiger partial charge >= 0.3 is 0 Å². The fourth-order valence-corrected chi connectivity index (χ4v) is 8.58. The second-order valence-electron chi connectivity index (χ2n) is 16.6. The number of carbonyl (C=O) groups excluding carboxylic acids is 5. The molecule has 16 nitrogen and oxygen atoms in total. The average molecular weight is 912 g/mol. The molecule has 0 aliphatic carbocycles. The molecule has 5 amide bonds. The van der Waals surface area contributed by atoms with Gasteiger partial charge in [-0.1, -0.05) is 44.4 Å². The van der Waals surface area contributed by atoms with Crippen LogP contribution in [0, 0.1) is 12.7 Å². The van der Waals surface area contributed by atoms with Gasteiger partial charge in [-0.15, -0.1) is 0 Å². The van der Waals surface area contributed by atoms with Crippen molar-refractivity contribution in [1.82, 2.24) is 24.8 Å². The molecular formula is C50H50FN7O9. The highest BCUT2D eigenvalue weighted by Gasteiger charge is 2.40. The lowest BCUT2D eigenvalue weighted by Crippen LogP contribution is -2.52. The number of pyridine rings is 1. The number of rotatable bonds is 17. The number of benzene rings is 4. The third kappa shape index (κ3) is 9.67. The topological polar surface area (TPSA) is 200 Å². The summed E-state index contributed by atoms with van der Waals surface area (Å²) < 4.78 is 35.0. The van der Waals surface area contributed by atoms with Gasteiger partial charge in [0, 0.05) is 55.3 Å². The molecule has 1 unspecified atom stereocenters. The Morgan fingerprint density at radius 3 is 2.48 bits per heavy atom. The summed E-state index contributed by atoms with van der Waals surface area (Å²) >= 11 is 0. The molecule has 4 aromatic carbocycles. The first-order chi connectivity index (χ1) is 32.3. The van der Waals surface area contributed by atoms with Gasteiger partial charge in [-0.25, -0.2) is 14.4 Å². The van der Waals surface area contributed by atoms with E-state index in [1.807, 2.05) is 19.1 Å². The molecule has 1 saturated heterocycles. The molecule has 0 saturated carbocycles. The van der Waals surface area contributed by atoms with Gasteiger partial charge in [0.2, 0.25) is 29.0 Å². The van der Waals surface area contributed by atoms with Crippen LogP contribution in [-0.2, 0) is 34.4 Å². The summed E-state index contributed by atoms with van der Waals surface area (Å²) in [5.41, 5.74) is 3.85. The Morgan fingerprint density at radius 2 is 1.70 bits per heavy atom. The van der Waals surface area contributed by atoms with Crippen LogP contribution in [0.1, 0.15) is 95.8 Å². The number of imide groups is 1. The Bertz CT molecular complexity index is 3030. The minimum absolute atomic E-state index is 0.0260. The Hall–Kier alpha value is -7.69. The number of carbonyl (C=O) groups is 5. The highest BCUT2D eigenvalue weighted by atomic mass is 19.1. The van der Waals surface area contributed by atoms with Crippen molar-refractivity contribution < 1.29 is 42.6 Å². The number of amides is 5. The molecule has 346 valence electrons. The number of aromatic nitrogens is 3. The monoisotopic (exact) mass is 911 g/mol. The van der Waals surface area contributed by atoms with Crippen LogP contribution in [-0.4, -0.2) is 68.7 Å². The Morgan fingerprint density at radius 1 is 0.896 bits per heavy atom. The average Bonchev–Trinajstić information content (AvgIpc) is 3.65. The van der Waals surface area contributed by atoms with Gasteiger partial charge in [-0.05, 0) is 80.1 Å². The summed E-state index contributed by atoms with van der Waals surface area (Å²) in [5, 5.41) is 8.72. The van der Waals surface area contributed by atoms with Crippen LogP contribution in [0.4, 0.5) is 15.8 Å². The molecule has 6 aromatic rings. The van der Waals surface area contributed by atoms with Crippen molar-refractivity contribution in [2.24, 2.45) is 7.05 Å². The lowest BCUT2D eigenvalue weighted by Gasteiger charge is -2.29. The van der Waals surface area contributed by atoms with Gasteiger partial charge in [0.25, 0.3) is 11.8 Å². The van der Waals surface area contributed by atoms with Crippen molar-refractivity contribution in [2.45, 2.75) is 84.2 Å². The van der Waals surface area contributed by atoms with E-state index in [0.29, 0.717) is 63.3 Å². The van der Waals surface area contributed by atoms with Gasteiger partial charge in [-0.3, -0.25) is 34.1 Å². The Kier molecular flexibility index (Phi) is 13.6. The third-order valence-corrected chi connectivity index (χ3v) is 12.3. The lowest BCUT2D eigenvalue weighted by atomic mass is 10.0. The van der Waals surface area contributed by atoms with Gasteiger partial charge in [0.1, 0.15) is 17.9 Å². The number of hydrogen-bond acceptors (Lipinski definition) is 11. The predicted octanol–water partition coefficient (Wildman–Crippen LogP) is 7.66. The first-order valence-electron chi connectivity index (χ1n) is 22.3. The van der Waals surface area contributed by atoms with Gasteiger partial charge in [0.15, 0.2) is 23.1 Å². The normalized spacial score (nSPS) is 14.6. The third-order valence-electron chi connectivity index (χ3n) is 12.3. The molecule has 8 rings (SSSR count). The van der Waals surface area contributed by atoms with Crippen LogP contribution >= 0.6 is 0 Å². The second-order valence-corrected chi connectivity index (χ2v) is 16.6. The van der Waals surface area contributed by atoms with E-state index < -0.39 is 29.1 Å². The van der Waals surface area contributed by atoms with Crippen LogP contribution in [0.2, 0.25) is 0 Å². The maximum absolute atomic E-state index is 15.6. The number of nitrogens with zero attached hydrogens (tertiary/aromatic N) is 4. The van der Waals surface area contributed by atoms with Crippen molar-refractivity contribution in [3.8, 4) is 23.1 Å². The molecule has 0 radical (unpaired) electrons. The molecule has 17 heteroatoms. The quantitative estimate of drug-likeness (QED) is 0.0599. The number of anilines is 2. The van der Waals surface area contributed by atoms with Gasteiger partial charge < -0.3 is 34.3 Å². The molecule has 2 aliphatic heterocycles. The molecule has 3 N–H and O–H groups in total. The predicted molar refractivity (Wildman–Crippen MR) is 248 cm³/mol. The molecule has 67 heavy (non-hydrogen) atoms. The van der Waals surface area contributed by atoms with Crippen molar-refractivity contribution in [1.29, 1.82) is 0 Å². The number of halogens is 1. The fraction of sp³-hybridized carbons (Fsp3) is 0.320. The van der Waals surface area contributed by atoms with Crippen molar-refractivity contribution in [2.75, 3.05) is 24.4 Å². The van der Waals surface area contributed by atoms with Crippen LogP contribution in [0.25, 0.3) is 21.8 Å². The molecule has 1 atom stereocenters. The van der Waals surface area contributed by atoms with Crippen molar-refractivity contribution in [3.05, 3.63) is 117 Å². The lowest BCUT2D eigenvalue weighted by molar-refractivity contribution is -0.137. The van der Waals surface area contributed by atoms with E-state index in [4.69, 9.17) is 14.2 Å². The summed E-state index contributed by atoms with van der Waals surface area (Å²) in [4.78, 5) is 87.3. The molecule has 0 bridgehead atoms. The first-order valence-corrected chi connectivity index (χ1v) is 22.3. The molecule has 1 fully saturated rings. The summed E-state index contributed by atoms with van der Waals surface area (Å²) in [6.07, 6.45) is 6.65. The van der Waals surface area contributed by atoms with Crippen LogP contribution in [0.15, 0.2) is 77.9 Å². The largest absolute Gasteiger partial charge is 0.493 e. The Labute approximate surface area is 384 Å². The summed E-state index contributed by atoms with van der Waals surface area (Å²) in [6, 6.07) is 17.4. The Balaban J connectivity index is 0.810.